The van der Waals surface area contributed by atoms with Crippen molar-refractivity contribution in [3.63, 3.8) is 0 Å². The zero-order valence-corrected chi connectivity index (χ0v) is 18.7. The molecule has 2 aliphatic rings. The van der Waals surface area contributed by atoms with E-state index in [1.54, 1.807) is 12.1 Å². The molecule has 0 saturated carbocycles. The van der Waals surface area contributed by atoms with Gasteiger partial charge in [0.2, 0.25) is 0 Å². The standard InChI is InChI=1S/C22H26FN3O.C2HF3O2/c1-16-5-4-14-26(16,19-12-13-24-15-19)18-10-8-17(9-11-18)25-22(27)20-6-2-3-7-21(20)23;3-2(4,5)1(6)7/h2-3,6-11,16,19,24H,4-5,12-15H2,1H3;(H,6,7)/p+1. The van der Waals surface area contributed by atoms with Gasteiger partial charge >= 0.3 is 12.1 Å². The minimum atomic E-state index is -5.08. The average molecular weight is 482 g/mol. The number of nitrogens with one attached hydrogen (secondary N) is 2. The Morgan fingerprint density at radius 2 is 1.74 bits per heavy atom. The number of anilines is 1. The highest BCUT2D eigenvalue weighted by atomic mass is 19.4. The van der Waals surface area contributed by atoms with Crippen molar-refractivity contribution in [2.45, 2.75) is 44.4 Å². The molecule has 2 aliphatic heterocycles. The summed E-state index contributed by atoms with van der Waals surface area (Å²) in [5.74, 6) is -3.68. The Hall–Kier alpha value is -2.98. The molecule has 6 nitrogen and oxygen atoms in total. The first-order valence-electron chi connectivity index (χ1n) is 11.1. The Morgan fingerprint density at radius 3 is 2.24 bits per heavy atom. The second-order valence-electron chi connectivity index (χ2n) is 8.58. The molecule has 1 amide bonds. The Labute approximate surface area is 195 Å². The van der Waals surface area contributed by atoms with Gasteiger partial charge in [0.1, 0.15) is 17.5 Å². The lowest BCUT2D eigenvalue weighted by Crippen LogP contribution is -2.59. The number of carbonyl (C=O) groups is 2. The average Bonchev–Trinajstić information content (AvgIpc) is 3.45. The molecule has 0 spiro atoms. The topological polar surface area (TPSA) is 78.4 Å². The van der Waals surface area contributed by atoms with Gasteiger partial charge in [-0.2, -0.15) is 13.2 Å². The quantitative estimate of drug-likeness (QED) is 0.441. The largest absolute Gasteiger partial charge is 0.490 e. The fourth-order valence-electron chi connectivity index (χ4n) is 4.93. The van der Waals surface area contributed by atoms with E-state index in [0.717, 1.165) is 17.6 Å². The van der Waals surface area contributed by atoms with Crippen LogP contribution in [-0.2, 0) is 4.79 Å². The van der Waals surface area contributed by atoms with E-state index in [-0.39, 0.29) is 5.56 Å². The second-order valence-corrected chi connectivity index (χ2v) is 8.58. The van der Waals surface area contributed by atoms with Crippen molar-refractivity contribution in [1.82, 2.24) is 9.80 Å². The lowest BCUT2D eigenvalue weighted by atomic mass is 10.1. The molecule has 0 aromatic heterocycles. The third kappa shape index (κ3) is 5.56. The third-order valence-corrected chi connectivity index (χ3v) is 6.59. The van der Waals surface area contributed by atoms with Gasteiger partial charge in [-0.1, -0.05) is 12.1 Å². The van der Waals surface area contributed by atoms with Crippen LogP contribution >= 0.6 is 0 Å². The van der Waals surface area contributed by atoms with Crippen molar-refractivity contribution in [2.75, 3.05) is 25.0 Å². The summed E-state index contributed by atoms with van der Waals surface area (Å²) in [6.07, 6.45) is -1.37. The van der Waals surface area contributed by atoms with Gasteiger partial charge in [0.05, 0.1) is 18.2 Å². The number of carboxylic acid groups (broad SMARTS) is 1. The van der Waals surface area contributed by atoms with Crippen LogP contribution in [0.1, 0.15) is 36.5 Å². The molecular weight excluding hydrogens is 454 g/mol. The molecule has 34 heavy (non-hydrogen) atoms. The second kappa shape index (κ2) is 10.5. The first-order valence-corrected chi connectivity index (χ1v) is 11.1. The molecule has 4 rings (SSSR count). The Bertz CT molecular complexity index is 1010. The number of halogens is 4. The zero-order chi connectivity index (χ0) is 24.9. The van der Waals surface area contributed by atoms with Gasteiger partial charge in [-0.15, -0.1) is 0 Å². The van der Waals surface area contributed by atoms with E-state index in [0.29, 0.717) is 17.8 Å². The number of benzene rings is 2. The lowest BCUT2D eigenvalue weighted by Gasteiger charge is -2.43. The number of carboxylic acids is 1. The number of alkyl halides is 3. The van der Waals surface area contributed by atoms with Gasteiger partial charge in [-0.3, -0.25) is 9.28 Å². The van der Waals surface area contributed by atoms with Crippen LogP contribution in [0.15, 0.2) is 48.5 Å². The lowest BCUT2D eigenvalue weighted by molar-refractivity contribution is -0.192. The van der Waals surface area contributed by atoms with Gasteiger partial charge in [0.25, 0.3) is 5.91 Å². The Kier molecular flexibility index (Phi) is 7.93. The molecular formula is C24H28F4N3O3+. The Balaban J connectivity index is 0.000000406. The maximum absolute atomic E-state index is 13.8. The maximum Gasteiger partial charge on any atom is 0.490 e. The molecule has 2 aromatic rings. The third-order valence-electron chi connectivity index (χ3n) is 6.59. The van der Waals surface area contributed by atoms with Gasteiger partial charge in [0.15, 0.2) is 0 Å². The highest BCUT2D eigenvalue weighted by Gasteiger charge is 2.47. The minimum Gasteiger partial charge on any atom is -0.475 e. The van der Waals surface area contributed by atoms with Gasteiger partial charge in [0, 0.05) is 50.2 Å². The number of rotatable bonds is 4. The summed E-state index contributed by atoms with van der Waals surface area (Å²) in [5.41, 5.74) is 2.08. The number of amides is 1. The van der Waals surface area contributed by atoms with Crippen molar-refractivity contribution in [3.05, 3.63) is 59.9 Å². The van der Waals surface area contributed by atoms with E-state index in [1.807, 2.05) is 12.1 Å². The normalized spacial score (nSPS) is 24.3. The summed E-state index contributed by atoms with van der Waals surface area (Å²) in [7, 11) is 0. The van der Waals surface area contributed by atoms with Crippen LogP contribution in [0.5, 0.6) is 0 Å². The summed E-state index contributed by atoms with van der Waals surface area (Å²) in [6.45, 7) is 5.69. The van der Waals surface area contributed by atoms with Crippen LogP contribution in [-0.4, -0.2) is 54.9 Å². The molecule has 0 aliphatic carbocycles. The number of nitrogens with zero attached hydrogens (tertiary/aromatic N) is 1. The first-order chi connectivity index (χ1) is 16.1. The fourth-order valence-corrected chi connectivity index (χ4v) is 4.93. The van der Waals surface area contributed by atoms with E-state index >= 15 is 0 Å². The summed E-state index contributed by atoms with van der Waals surface area (Å²) in [4.78, 5) is 21.2. The molecule has 3 atom stereocenters. The van der Waals surface area contributed by atoms with E-state index in [1.165, 1.54) is 43.6 Å². The van der Waals surface area contributed by atoms with Gasteiger partial charge in [-0.05, 0) is 31.2 Å². The van der Waals surface area contributed by atoms with E-state index < -0.39 is 23.9 Å². The smallest absolute Gasteiger partial charge is 0.475 e. The predicted molar refractivity (Wildman–Crippen MR) is 121 cm³/mol. The minimum absolute atomic E-state index is 0.0651. The van der Waals surface area contributed by atoms with Crippen molar-refractivity contribution in [2.24, 2.45) is 0 Å². The van der Waals surface area contributed by atoms with Crippen LogP contribution in [0.25, 0.3) is 0 Å². The van der Waals surface area contributed by atoms with Crippen LogP contribution in [0, 0.1) is 5.82 Å². The number of quaternary nitrogens is 1. The van der Waals surface area contributed by atoms with Crippen molar-refractivity contribution in [1.29, 1.82) is 0 Å². The van der Waals surface area contributed by atoms with Crippen LogP contribution in [0.3, 0.4) is 0 Å². The molecule has 10 heteroatoms. The molecule has 0 bridgehead atoms. The van der Waals surface area contributed by atoms with Gasteiger partial charge in [-0.25, -0.2) is 9.18 Å². The van der Waals surface area contributed by atoms with Crippen LogP contribution < -0.4 is 15.1 Å². The fraction of sp³-hybridized carbons (Fsp3) is 0.417. The molecule has 184 valence electrons. The highest BCUT2D eigenvalue weighted by Crippen LogP contribution is 2.39. The summed E-state index contributed by atoms with van der Waals surface area (Å²) < 4.78 is 46.6. The van der Waals surface area contributed by atoms with Crippen LogP contribution in [0.2, 0.25) is 0 Å². The van der Waals surface area contributed by atoms with Crippen molar-refractivity contribution >= 4 is 23.3 Å². The molecule has 2 heterocycles. The predicted octanol–water partition coefficient (Wildman–Crippen LogP) is 4.56. The highest BCUT2D eigenvalue weighted by molar-refractivity contribution is 6.04. The molecule has 2 aromatic carbocycles. The SMILES string of the molecule is CC1CCC[N+]1(c1ccc(NC(=O)c2ccccc2F)cc1)C1CCNC1.O=C(O)C(F)(F)F. The van der Waals surface area contributed by atoms with Crippen molar-refractivity contribution in [3.8, 4) is 0 Å². The molecule has 2 saturated heterocycles. The molecule has 3 N–H and O–H groups in total. The molecule has 2 fully saturated rings. The van der Waals surface area contributed by atoms with Crippen molar-refractivity contribution < 1.29 is 32.3 Å². The molecule has 3 unspecified atom stereocenters. The summed E-state index contributed by atoms with van der Waals surface area (Å²) in [5, 5.41) is 13.5. The maximum atomic E-state index is 13.8. The van der Waals surface area contributed by atoms with E-state index in [4.69, 9.17) is 9.90 Å². The van der Waals surface area contributed by atoms with Crippen LogP contribution in [0.4, 0.5) is 28.9 Å². The number of hydrogen-bond donors (Lipinski definition) is 3. The number of carbonyl (C=O) groups excluding carboxylic acids is 1. The number of hydrogen-bond acceptors (Lipinski definition) is 3. The van der Waals surface area contributed by atoms with E-state index in [2.05, 4.69) is 29.7 Å². The first kappa shape index (κ1) is 25.6. The summed E-state index contributed by atoms with van der Waals surface area (Å²) in [6, 6.07) is 15.4. The Morgan fingerprint density at radius 1 is 1.09 bits per heavy atom. The monoisotopic (exact) mass is 482 g/mol. The summed E-state index contributed by atoms with van der Waals surface area (Å²) >= 11 is 0. The number of likely N-dealkylation sites (tertiary alicyclic amines) is 1. The zero-order valence-electron chi connectivity index (χ0n) is 18.7. The van der Waals surface area contributed by atoms with Gasteiger partial charge < -0.3 is 15.7 Å². The van der Waals surface area contributed by atoms with E-state index in [9.17, 15) is 22.4 Å². The molecule has 0 radical (unpaired) electrons. The number of aliphatic carboxylic acids is 1.